The van der Waals surface area contributed by atoms with Crippen LogP contribution in [0.2, 0.25) is 0 Å². The van der Waals surface area contributed by atoms with Crippen molar-refractivity contribution in [1.82, 2.24) is 0 Å². The number of esters is 2. The summed E-state index contributed by atoms with van der Waals surface area (Å²) in [6.45, 7) is 7.74. The molecule has 66 heavy (non-hydrogen) atoms. The molecule has 0 spiro atoms. The summed E-state index contributed by atoms with van der Waals surface area (Å²) in [7, 11) is 0. The van der Waals surface area contributed by atoms with Crippen molar-refractivity contribution in [2.45, 2.75) is 284 Å². The van der Waals surface area contributed by atoms with Crippen molar-refractivity contribution in [3.8, 4) is 0 Å². The number of carbonyl (C=O) groups excluding carboxylic acids is 2. The highest BCUT2D eigenvalue weighted by atomic mass is 16.6. The molecule has 0 bridgehead atoms. The molecular weight excluding hydrogens is 813 g/mol. The second kappa shape index (κ2) is 56.7. The van der Waals surface area contributed by atoms with Crippen molar-refractivity contribution in [3.05, 3.63) is 72.9 Å². The third-order valence-electron chi connectivity index (χ3n) is 12.2. The van der Waals surface area contributed by atoms with Crippen LogP contribution >= 0.6 is 0 Å². The van der Waals surface area contributed by atoms with Gasteiger partial charge in [-0.1, -0.05) is 229 Å². The van der Waals surface area contributed by atoms with Gasteiger partial charge >= 0.3 is 11.9 Å². The number of unbranched alkanes of at least 4 members (excludes halogenated alkanes) is 29. The van der Waals surface area contributed by atoms with Crippen LogP contribution < -0.4 is 0 Å². The highest BCUT2D eigenvalue weighted by molar-refractivity contribution is 5.70. The smallest absolute Gasteiger partial charge is 0.306 e. The lowest BCUT2D eigenvalue weighted by molar-refractivity contribution is -0.163. The van der Waals surface area contributed by atoms with E-state index in [1.165, 1.54) is 167 Å². The fourth-order valence-electron chi connectivity index (χ4n) is 7.88. The summed E-state index contributed by atoms with van der Waals surface area (Å²) in [5.41, 5.74) is 0. The lowest BCUT2D eigenvalue weighted by Gasteiger charge is -2.18. The van der Waals surface area contributed by atoms with Crippen molar-refractivity contribution < 1.29 is 23.8 Å². The Morgan fingerprint density at radius 2 is 0.652 bits per heavy atom. The van der Waals surface area contributed by atoms with Gasteiger partial charge in [0.1, 0.15) is 6.61 Å². The van der Waals surface area contributed by atoms with Gasteiger partial charge in [-0.25, -0.2) is 0 Å². The number of hydrogen-bond donors (Lipinski definition) is 0. The quantitative estimate of drug-likeness (QED) is 0.0346. The lowest BCUT2D eigenvalue weighted by Crippen LogP contribution is -2.30. The van der Waals surface area contributed by atoms with Gasteiger partial charge in [0.2, 0.25) is 0 Å². The number of ether oxygens (including phenoxy) is 3. The summed E-state index contributed by atoms with van der Waals surface area (Å²) in [6.07, 6.45) is 73.4. The zero-order valence-corrected chi connectivity index (χ0v) is 44.0. The Morgan fingerprint density at radius 3 is 1.08 bits per heavy atom. The molecule has 0 aromatic rings. The van der Waals surface area contributed by atoms with Crippen LogP contribution in [0.1, 0.15) is 278 Å². The molecule has 0 saturated heterocycles. The predicted octanol–water partition coefficient (Wildman–Crippen LogP) is 19.5. The first-order chi connectivity index (χ1) is 32.6. The van der Waals surface area contributed by atoms with Crippen molar-refractivity contribution in [2.75, 3.05) is 19.8 Å². The molecule has 0 radical (unpaired) electrons. The minimum atomic E-state index is -0.549. The Morgan fingerprint density at radius 1 is 0.333 bits per heavy atom. The van der Waals surface area contributed by atoms with Crippen molar-refractivity contribution in [3.63, 3.8) is 0 Å². The van der Waals surface area contributed by atoms with Gasteiger partial charge < -0.3 is 14.2 Å². The van der Waals surface area contributed by atoms with E-state index < -0.39 is 6.10 Å². The van der Waals surface area contributed by atoms with Crippen LogP contribution in [0.5, 0.6) is 0 Å². The van der Waals surface area contributed by atoms with Gasteiger partial charge in [0, 0.05) is 19.4 Å². The molecule has 0 amide bonds. The van der Waals surface area contributed by atoms with Crippen molar-refractivity contribution in [1.29, 1.82) is 0 Å². The second-order valence-corrected chi connectivity index (χ2v) is 18.8. The van der Waals surface area contributed by atoms with Crippen molar-refractivity contribution >= 4 is 11.9 Å². The topological polar surface area (TPSA) is 61.8 Å². The summed E-state index contributed by atoms with van der Waals surface area (Å²) in [5, 5.41) is 0. The van der Waals surface area contributed by atoms with Gasteiger partial charge in [0.25, 0.3) is 0 Å². The van der Waals surface area contributed by atoms with Gasteiger partial charge in [-0.05, 0) is 109 Å². The molecule has 0 aliphatic rings. The van der Waals surface area contributed by atoms with Crippen LogP contribution in [0, 0.1) is 0 Å². The SMILES string of the molecule is CCCC/C=C\CCCCCCCCOCC(COC(=O)CCCCCCCC/C=C\C/C=C\C/C=C\CCCCC)OC(=O)CCCCCCCCCCC/C=C\C/C=C\CCCCC. The third kappa shape index (κ3) is 54.0. The summed E-state index contributed by atoms with van der Waals surface area (Å²) in [4.78, 5) is 25.5. The molecule has 0 aromatic carbocycles. The molecule has 382 valence electrons. The van der Waals surface area contributed by atoms with E-state index in [2.05, 4.69) is 93.7 Å². The number of allylic oxidation sites excluding steroid dienone is 12. The van der Waals surface area contributed by atoms with Crippen LogP contribution in [0.4, 0.5) is 0 Å². The second-order valence-electron chi connectivity index (χ2n) is 18.8. The van der Waals surface area contributed by atoms with Gasteiger partial charge in [-0.15, -0.1) is 0 Å². The Bertz CT molecular complexity index is 1180. The molecule has 0 N–H and O–H groups in total. The Hall–Kier alpha value is -2.66. The first-order valence-electron chi connectivity index (χ1n) is 28.5. The highest BCUT2D eigenvalue weighted by Gasteiger charge is 2.17. The minimum Gasteiger partial charge on any atom is -0.462 e. The third-order valence-corrected chi connectivity index (χ3v) is 12.2. The average Bonchev–Trinajstić information content (AvgIpc) is 3.32. The average molecular weight is 922 g/mol. The first kappa shape index (κ1) is 63.3. The van der Waals surface area contributed by atoms with Crippen LogP contribution in [-0.4, -0.2) is 37.9 Å². The van der Waals surface area contributed by atoms with Crippen LogP contribution in [-0.2, 0) is 23.8 Å². The van der Waals surface area contributed by atoms with Gasteiger partial charge in [-0.2, -0.15) is 0 Å². The molecule has 0 aliphatic carbocycles. The van der Waals surface area contributed by atoms with Gasteiger partial charge in [-0.3, -0.25) is 9.59 Å². The molecular formula is C61H108O5. The maximum absolute atomic E-state index is 12.9. The van der Waals surface area contributed by atoms with Gasteiger partial charge in [0.15, 0.2) is 6.10 Å². The first-order valence-corrected chi connectivity index (χ1v) is 28.5. The van der Waals surface area contributed by atoms with Crippen LogP contribution in [0.3, 0.4) is 0 Å². The molecule has 0 aliphatic heterocycles. The fraction of sp³-hybridized carbons (Fsp3) is 0.770. The summed E-state index contributed by atoms with van der Waals surface area (Å²) >= 11 is 0. The van der Waals surface area contributed by atoms with E-state index >= 15 is 0 Å². The normalized spacial score (nSPS) is 12.7. The van der Waals surface area contributed by atoms with Crippen LogP contribution in [0.15, 0.2) is 72.9 Å². The molecule has 5 heteroatoms. The van der Waals surface area contributed by atoms with Gasteiger partial charge in [0.05, 0.1) is 6.61 Å². The molecule has 5 nitrogen and oxygen atoms in total. The van der Waals surface area contributed by atoms with E-state index in [0.717, 1.165) is 77.0 Å². The van der Waals surface area contributed by atoms with Crippen LogP contribution in [0.25, 0.3) is 0 Å². The number of rotatable bonds is 52. The van der Waals surface area contributed by atoms with E-state index in [1.807, 2.05) is 0 Å². The number of carbonyl (C=O) groups is 2. The summed E-state index contributed by atoms with van der Waals surface area (Å²) < 4.78 is 17.4. The summed E-state index contributed by atoms with van der Waals surface area (Å²) in [5.74, 6) is -0.413. The highest BCUT2D eigenvalue weighted by Crippen LogP contribution is 2.15. The number of hydrogen-bond acceptors (Lipinski definition) is 5. The summed E-state index contributed by atoms with van der Waals surface area (Å²) in [6, 6.07) is 0. The minimum absolute atomic E-state index is 0.0732. The molecule has 0 heterocycles. The van der Waals surface area contributed by atoms with E-state index in [-0.39, 0.29) is 25.2 Å². The molecule has 1 unspecified atom stereocenters. The standard InChI is InChI=1S/C61H108O5/c1-4-7-10-13-16-19-22-25-27-29-31-33-35-37-39-42-45-48-51-54-60(62)65-58-59(57-64-56-53-50-47-44-41-24-21-18-15-12-9-6-3)66-61(63)55-52-49-46-43-40-38-36-34-32-30-28-26-23-20-17-14-11-8-5-2/h15-20,25-28,31,33,59H,4-14,21-24,29-30,32,34-58H2,1-3H3/b18-15-,19-16-,20-17-,27-25-,28-26-,33-31-. The molecule has 0 fully saturated rings. The Balaban J connectivity index is 4.27. The van der Waals surface area contributed by atoms with E-state index in [1.54, 1.807) is 0 Å². The zero-order chi connectivity index (χ0) is 47.7. The largest absolute Gasteiger partial charge is 0.462 e. The Labute approximate surface area is 410 Å². The van der Waals surface area contributed by atoms with E-state index in [0.29, 0.717) is 19.4 Å². The fourth-order valence-corrected chi connectivity index (χ4v) is 7.88. The van der Waals surface area contributed by atoms with Crippen molar-refractivity contribution in [2.24, 2.45) is 0 Å². The Kier molecular flexibility index (Phi) is 54.4. The molecule has 1 atom stereocenters. The zero-order valence-electron chi connectivity index (χ0n) is 44.0. The predicted molar refractivity (Wildman–Crippen MR) is 288 cm³/mol. The maximum Gasteiger partial charge on any atom is 0.306 e. The maximum atomic E-state index is 12.9. The van der Waals surface area contributed by atoms with E-state index in [9.17, 15) is 9.59 Å². The monoisotopic (exact) mass is 921 g/mol. The lowest BCUT2D eigenvalue weighted by atomic mass is 10.1. The van der Waals surface area contributed by atoms with E-state index in [4.69, 9.17) is 14.2 Å². The molecule has 0 aromatic heterocycles. The molecule has 0 rings (SSSR count). The molecule has 0 saturated carbocycles.